The Hall–Kier alpha value is -4.51. The molecule has 210 valence electrons. The fourth-order valence-corrected chi connectivity index (χ4v) is 5.24. The van der Waals surface area contributed by atoms with Crippen molar-refractivity contribution in [3.63, 3.8) is 0 Å². The molecule has 0 radical (unpaired) electrons. The molecule has 0 aliphatic carbocycles. The number of fused-ring (bicyclic) bond motifs is 1. The van der Waals surface area contributed by atoms with Crippen molar-refractivity contribution < 1.29 is 27.8 Å². The summed E-state index contributed by atoms with van der Waals surface area (Å²) in [6.07, 6.45) is 0. The van der Waals surface area contributed by atoms with E-state index in [1.165, 1.54) is 35.2 Å². The maximum Gasteiger partial charge on any atom is 0.251 e. The second kappa shape index (κ2) is 12.3. The number of hydrogen-bond acceptors (Lipinski definition) is 7. The first-order chi connectivity index (χ1) is 19.8. The van der Waals surface area contributed by atoms with E-state index in [1.54, 1.807) is 36.4 Å². The minimum atomic E-state index is -1.23. The fraction of sp³-hybridized carbons (Fsp3) is 0.200. The molecule has 0 saturated heterocycles. The van der Waals surface area contributed by atoms with Gasteiger partial charge in [-0.25, -0.2) is 18.7 Å². The number of amides is 2. The van der Waals surface area contributed by atoms with Crippen molar-refractivity contribution in [1.29, 1.82) is 0 Å². The highest BCUT2D eigenvalue weighted by molar-refractivity contribution is 7.99. The Morgan fingerprint density at radius 3 is 2.39 bits per heavy atom. The van der Waals surface area contributed by atoms with Crippen LogP contribution in [0.2, 0.25) is 0 Å². The van der Waals surface area contributed by atoms with Gasteiger partial charge >= 0.3 is 0 Å². The van der Waals surface area contributed by atoms with Gasteiger partial charge in [0.05, 0.1) is 5.75 Å². The summed E-state index contributed by atoms with van der Waals surface area (Å²) in [5.41, 5.74) is 2.48. The van der Waals surface area contributed by atoms with Gasteiger partial charge in [-0.2, -0.15) is 0 Å². The van der Waals surface area contributed by atoms with Crippen LogP contribution >= 0.6 is 11.8 Å². The number of aryl methyl sites for hydroxylation is 2. The third-order valence-electron chi connectivity index (χ3n) is 6.29. The zero-order chi connectivity index (χ0) is 28.9. The van der Waals surface area contributed by atoms with E-state index in [2.05, 4.69) is 15.3 Å². The van der Waals surface area contributed by atoms with E-state index in [0.29, 0.717) is 27.9 Å². The topological polar surface area (TPSA) is 93.7 Å². The largest absolute Gasteiger partial charge is 0.454 e. The molecule has 1 unspecified atom stereocenters. The molecule has 5 rings (SSSR count). The van der Waals surface area contributed by atoms with E-state index >= 15 is 0 Å². The van der Waals surface area contributed by atoms with Gasteiger partial charge in [0, 0.05) is 35.2 Å². The van der Waals surface area contributed by atoms with Gasteiger partial charge in [-0.15, -0.1) is 0 Å². The summed E-state index contributed by atoms with van der Waals surface area (Å²) in [5, 5.41) is 3.23. The third kappa shape index (κ3) is 6.80. The van der Waals surface area contributed by atoms with E-state index in [9.17, 15) is 18.4 Å². The highest BCUT2D eigenvalue weighted by atomic mass is 32.2. The van der Waals surface area contributed by atoms with Gasteiger partial charge in [-0.05, 0) is 55.8 Å². The van der Waals surface area contributed by atoms with Crippen molar-refractivity contribution in [2.75, 3.05) is 17.9 Å². The number of carbonyl (C=O) groups excluding carboxylic acids is 2. The molecule has 1 aliphatic heterocycles. The monoisotopic (exact) mass is 576 g/mol. The molecule has 1 N–H and O–H groups in total. The Kier molecular flexibility index (Phi) is 8.44. The molecule has 1 aromatic heterocycles. The Labute approximate surface area is 239 Å². The number of anilines is 1. The summed E-state index contributed by atoms with van der Waals surface area (Å²) in [5.74, 6) is -1.18. The van der Waals surface area contributed by atoms with Crippen LogP contribution in [0.4, 0.5) is 14.5 Å². The summed E-state index contributed by atoms with van der Waals surface area (Å²) in [4.78, 5) is 37.7. The lowest BCUT2D eigenvalue weighted by atomic mass is 10.0. The number of halogens is 2. The summed E-state index contributed by atoms with van der Waals surface area (Å²) < 4.78 is 39.4. The number of rotatable bonds is 9. The molecule has 0 bridgehead atoms. The molecule has 4 aromatic rings. The number of aromatic nitrogens is 2. The van der Waals surface area contributed by atoms with Crippen molar-refractivity contribution in [2.45, 2.75) is 31.6 Å². The van der Waals surface area contributed by atoms with Crippen LogP contribution in [0.5, 0.6) is 11.5 Å². The zero-order valence-corrected chi connectivity index (χ0v) is 23.1. The maximum absolute atomic E-state index is 14.8. The number of nitrogens with zero attached hydrogens (tertiary/aromatic N) is 3. The number of ether oxygens (including phenoxy) is 2. The van der Waals surface area contributed by atoms with Crippen molar-refractivity contribution in [1.82, 2.24) is 14.9 Å². The highest BCUT2D eigenvalue weighted by Crippen LogP contribution is 2.35. The van der Waals surface area contributed by atoms with E-state index < -0.39 is 29.5 Å². The Balaban J connectivity index is 1.49. The van der Waals surface area contributed by atoms with Crippen molar-refractivity contribution in [3.05, 3.63) is 107 Å². The molecule has 1 aliphatic rings. The zero-order valence-electron chi connectivity index (χ0n) is 22.3. The SMILES string of the molecule is Cc1cc(C)nc(SCC(=O)N(Cc2ccccc2F)C(C(=O)Nc2ccc3c(c2)OCO3)c2ccc(F)cc2)n1. The number of carbonyl (C=O) groups is 2. The van der Waals surface area contributed by atoms with E-state index in [4.69, 9.17) is 9.47 Å². The molecule has 2 heterocycles. The van der Waals surface area contributed by atoms with Gasteiger partial charge in [0.2, 0.25) is 12.7 Å². The second-order valence-electron chi connectivity index (χ2n) is 9.35. The maximum atomic E-state index is 14.8. The summed E-state index contributed by atoms with van der Waals surface area (Å²) in [6, 6.07) is 16.8. The average molecular weight is 577 g/mol. The van der Waals surface area contributed by atoms with E-state index in [0.717, 1.165) is 23.1 Å². The van der Waals surface area contributed by atoms with Crippen LogP contribution in [0.3, 0.4) is 0 Å². The van der Waals surface area contributed by atoms with Gasteiger partial charge < -0.3 is 19.7 Å². The number of nitrogens with one attached hydrogen (secondary N) is 1. The molecule has 0 saturated carbocycles. The Morgan fingerprint density at radius 1 is 0.951 bits per heavy atom. The average Bonchev–Trinajstić information content (AvgIpc) is 3.41. The molecule has 1 atom stereocenters. The quantitative estimate of drug-likeness (QED) is 0.205. The molecule has 41 heavy (non-hydrogen) atoms. The van der Waals surface area contributed by atoms with E-state index in [-0.39, 0.29) is 24.7 Å². The predicted molar refractivity (Wildman–Crippen MR) is 150 cm³/mol. The van der Waals surface area contributed by atoms with E-state index in [1.807, 2.05) is 19.9 Å². The lowest BCUT2D eigenvalue weighted by Crippen LogP contribution is -2.42. The van der Waals surface area contributed by atoms with Crippen LogP contribution in [-0.4, -0.2) is 39.2 Å². The van der Waals surface area contributed by atoms with Gasteiger partial charge in [0.1, 0.15) is 17.7 Å². The van der Waals surface area contributed by atoms with Gasteiger partial charge in [0.15, 0.2) is 16.7 Å². The normalized spacial score (nSPS) is 12.6. The Morgan fingerprint density at radius 2 is 1.66 bits per heavy atom. The molecular weight excluding hydrogens is 550 g/mol. The lowest BCUT2D eigenvalue weighted by molar-refractivity contribution is -0.137. The summed E-state index contributed by atoms with van der Waals surface area (Å²) in [6.45, 7) is 3.51. The molecular formula is C30H26F2N4O4S. The number of benzene rings is 3. The van der Waals surface area contributed by atoms with Gasteiger partial charge in [-0.3, -0.25) is 9.59 Å². The molecule has 8 nitrogen and oxygen atoms in total. The number of hydrogen-bond donors (Lipinski definition) is 1. The van der Waals surface area contributed by atoms with Crippen LogP contribution < -0.4 is 14.8 Å². The predicted octanol–water partition coefficient (Wildman–Crippen LogP) is 5.60. The summed E-state index contributed by atoms with van der Waals surface area (Å²) in [7, 11) is 0. The van der Waals surface area contributed by atoms with Crippen LogP contribution in [0.15, 0.2) is 78.0 Å². The minimum absolute atomic E-state index is 0.0672. The number of thioether (sulfide) groups is 1. The van der Waals surface area contributed by atoms with Crippen molar-refractivity contribution >= 4 is 29.3 Å². The second-order valence-corrected chi connectivity index (χ2v) is 10.3. The van der Waals surface area contributed by atoms with Crippen molar-refractivity contribution in [3.8, 4) is 11.5 Å². The van der Waals surface area contributed by atoms with Crippen LogP contribution in [0.25, 0.3) is 0 Å². The van der Waals surface area contributed by atoms with Crippen molar-refractivity contribution in [2.24, 2.45) is 0 Å². The first-order valence-corrected chi connectivity index (χ1v) is 13.7. The fourth-order valence-electron chi connectivity index (χ4n) is 4.40. The molecule has 2 amide bonds. The van der Waals surface area contributed by atoms with Crippen LogP contribution in [0.1, 0.15) is 28.6 Å². The molecule has 11 heteroatoms. The molecule has 0 spiro atoms. The third-order valence-corrected chi connectivity index (χ3v) is 7.12. The molecule has 3 aromatic carbocycles. The Bertz CT molecular complexity index is 1570. The standard InChI is InChI=1S/C30H26F2N4O4S/c1-18-13-19(2)34-30(33-18)41-16-27(37)36(15-21-5-3-4-6-24(21)32)28(20-7-9-22(31)10-8-20)29(38)35-23-11-12-25-26(14-23)40-17-39-25/h3-14,28H,15-17H2,1-2H3,(H,35,38). The minimum Gasteiger partial charge on any atom is -0.454 e. The summed E-state index contributed by atoms with van der Waals surface area (Å²) >= 11 is 1.11. The lowest BCUT2D eigenvalue weighted by Gasteiger charge is -2.31. The first kappa shape index (κ1) is 28.0. The molecule has 0 fully saturated rings. The first-order valence-electron chi connectivity index (χ1n) is 12.7. The highest BCUT2D eigenvalue weighted by Gasteiger charge is 2.33. The van der Waals surface area contributed by atoms with Gasteiger partial charge in [-0.1, -0.05) is 42.1 Å². The van der Waals surface area contributed by atoms with Gasteiger partial charge in [0.25, 0.3) is 5.91 Å². The van der Waals surface area contributed by atoms with Crippen LogP contribution in [-0.2, 0) is 16.1 Å². The smallest absolute Gasteiger partial charge is 0.251 e. The van der Waals surface area contributed by atoms with Crippen LogP contribution in [0, 0.1) is 25.5 Å².